The van der Waals surface area contributed by atoms with Crippen molar-refractivity contribution in [1.82, 2.24) is 14.9 Å². The lowest BCUT2D eigenvalue weighted by atomic mass is 10.2. The average Bonchev–Trinajstić information content (AvgIpc) is 3.17. The molecule has 4 rings (SSSR count). The summed E-state index contributed by atoms with van der Waals surface area (Å²) in [6.07, 6.45) is 3.54. The van der Waals surface area contributed by atoms with Crippen molar-refractivity contribution in [3.63, 3.8) is 0 Å². The van der Waals surface area contributed by atoms with Gasteiger partial charge in [-0.05, 0) is 48.5 Å². The third-order valence-electron chi connectivity index (χ3n) is 4.47. The van der Waals surface area contributed by atoms with Crippen molar-refractivity contribution in [1.29, 1.82) is 0 Å². The van der Waals surface area contributed by atoms with Crippen LogP contribution in [0.15, 0.2) is 79.1 Å². The number of hydrogen-bond acceptors (Lipinski definition) is 3. The van der Waals surface area contributed by atoms with Crippen molar-refractivity contribution >= 4 is 28.4 Å². The fourth-order valence-corrected chi connectivity index (χ4v) is 3.06. The van der Waals surface area contributed by atoms with Gasteiger partial charge in [-0.1, -0.05) is 18.2 Å². The number of nitrogens with zero attached hydrogens (tertiary/aromatic N) is 2. The standard InChI is InChI=1S/C22H18N4O2/c1-23-22(28)19-14-18(9-11-24-19)26-12-10-16-13-17(7-8-20(16)26)25-21(27)15-5-3-2-4-6-15/h2-14H,1H3,(H,23,28)(H,25,27). The van der Waals surface area contributed by atoms with E-state index in [1.807, 2.05) is 59.3 Å². The third-order valence-corrected chi connectivity index (χ3v) is 4.47. The Balaban J connectivity index is 1.64. The van der Waals surface area contributed by atoms with Gasteiger partial charge in [0.1, 0.15) is 5.69 Å². The molecule has 28 heavy (non-hydrogen) atoms. The molecule has 0 spiro atoms. The van der Waals surface area contributed by atoms with Crippen LogP contribution < -0.4 is 10.6 Å². The molecule has 0 unspecified atom stereocenters. The number of amides is 2. The Bertz CT molecular complexity index is 1170. The molecular formula is C22H18N4O2. The fourth-order valence-electron chi connectivity index (χ4n) is 3.06. The lowest BCUT2D eigenvalue weighted by Gasteiger charge is -2.09. The first kappa shape index (κ1) is 17.5. The van der Waals surface area contributed by atoms with Crippen LogP contribution in [0, 0.1) is 0 Å². The Morgan fingerprint density at radius 3 is 2.54 bits per heavy atom. The van der Waals surface area contributed by atoms with E-state index in [9.17, 15) is 9.59 Å². The third kappa shape index (κ3) is 3.35. The minimum absolute atomic E-state index is 0.149. The van der Waals surface area contributed by atoms with Gasteiger partial charge >= 0.3 is 0 Å². The Morgan fingerprint density at radius 2 is 1.75 bits per heavy atom. The molecule has 2 amide bonds. The molecule has 0 aliphatic carbocycles. The van der Waals surface area contributed by atoms with Gasteiger partial charge in [-0.2, -0.15) is 0 Å². The SMILES string of the molecule is CNC(=O)c1cc(-n2ccc3cc(NC(=O)c4ccccc4)ccc32)ccn1. The highest BCUT2D eigenvalue weighted by Gasteiger charge is 2.10. The first-order chi connectivity index (χ1) is 13.7. The summed E-state index contributed by atoms with van der Waals surface area (Å²) >= 11 is 0. The molecule has 2 heterocycles. The predicted octanol–water partition coefficient (Wildman–Crippen LogP) is 3.64. The van der Waals surface area contributed by atoms with E-state index >= 15 is 0 Å². The van der Waals surface area contributed by atoms with E-state index in [-0.39, 0.29) is 11.8 Å². The van der Waals surface area contributed by atoms with E-state index in [0.29, 0.717) is 11.3 Å². The van der Waals surface area contributed by atoms with Crippen LogP contribution in [0.1, 0.15) is 20.8 Å². The van der Waals surface area contributed by atoms with Gasteiger partial charge in [-0.3, -0.25) is 14.6 Å². The van der Waals surface area contributed by atoms with Gasteiger partial charge in [0.25, 0.3) is 11.8 Å². The Kier molecular flexibility index (Phi) is 4.60. The molecule has 2 N–H and O–H groups in total. The summed E-state index contributed by atoms with van der Waals surface area (Å²) in [5.41, 5.74) is 3.49. The van der Waals surface area contributed by atoms with E-state index in [1.165, 1.54) is 0 Å². The second-order valence-corrected chi connectivity index (χ2v) is 6.26. The lowest BCUT2D eigenvalue weighted by molar-refractivity contribution is 0.0957. The first-order valence-corrected chi connectivity index (χ1v) is 8.82. The van der Waals surface area contributed by atoms with Gasteiger partial charge in [0, 0.05) is 41.8 Å². The number of aromatic nitrogens is 2. The van der Waals surface area contributed by atoms with Crippen LogP contribution in [0.4, 0.5) is 5.69 Å². The van der Waals surface area contributed by atoms with Crippen LogP contribution in [-0.4, -0.2) is 28.4 Å². The molecule has 6 nitrogen and oxygen atoms in total. The molecule has 4 aromatic rings. The maximum Gasteiger partial charge on any atom is 0.269 e. The summed E-state index contributed by atoms with van der Waals surface area (Å²) in [4.78, 5) is 28.3. The van der Waals surface area contributed by atoms with Gasteiger partial charge in [0.2, 0.25) is 0 Å². The molecule has 0 saturated carbocycles. The molecule has 0 saturated heterocycles. The highest BCUT2D eigenvalue weighted by atomic mass is 16.2. The van der Waals surface area contributed by atoms with Gasteiger partial charge < -0.3 is 15.2 Å². The van der Waals surface area contributed by atoms with Crippen LogP contribution in [0.5, 0.6) is 0 Å². The molecular weight excluding hydrogens is 352 g/mol. The molecule has 2 aromatic carbocycles. The first-order valence-electron chi connectivity index (χ1n) is 8.82. The second kappa shape index (κ2) is 7.36. The predicted molar refractivity (Wildman–Crippen MR) is 109 cm³/mol. The van der Waals surface area contributed by atoms with E-state index in [2.05, 4.69) is 15.6 Å². The number of anilines is 1. The Morgan fingerprint density at radius 1 is 0.929 bits per heavy atom. The van der Waals surface area contributed by atoms with Crippen molar-refractivity contribution in [2.75, 3.05) is 12.4 Å². The number of hydrogen-bond donors (Lipinski definition) is 2. The summed E-state index contributed by atoms with van der Waals surface area (Å²) in [5.74, 6) is -0.382. The Labute approximate surface area is 161 Å². The number of rotatable bonds is 4. The molecule has 138 valence electrons. The van der Waals surface area contributed by atoms with Gasteiger partial charge in [-0.15, -0.1) is 0 Å². The number of pyridine rings is 1. The summed E-state index contributed by atoms with van der Waals surface area (Å²) in [5, 5.41) is 6.48. The van der Waals surface area contributed by atoms with Crippen molar-refractivity contribution in [3.8, 4) is 5.69 Å². The maximum absolute atomic E-state index is 12.3. The number of nitrogens with one attached hydrogen (secondary N) is 2. The largest absolute Gasteiger partial charge is 0.354 e. The smallest absolute Gasteiger partial charge is 0.269 e. The van der Waals surface area contributed by atoms with Crippen molar-refractivity contribution in [2.45, 2.75) is 0 Å². The molecule has 0 fully saturated rings. The second-order valence-electron chi connectivity index (χ2n) is 6.26. The molecule has 0 aliphatic heterocycles. The van der Waals surface area contributed by atoms with Gasteiger partial charge in [0.15, 0.2) is 0 Å². The topological polar surface area (TPSA) is 76.0 Å². The fraction of sp³-hybridized carbons (Fsp3) is 0.0455. The Hall–Kier alpha value is -3.93. The van der Waals surface area contributed by atoms with Crippen LogP contribution in [0.2, 0.25) is 0 Å². The van der Waals surface area contributed by atoms with E-state index < -0.39 is 0 Å². The van der Waals surface area contributed by atoms with E-state index in [1.54, 1.807) is 31.4 Å². The quantitative estimate of drug-likeness (QED) is 0.576. The zero-order valence-corrected chi connectivity index (χ0v) is 15.2. The van der Waals surface area contributed by atoms with Crippen molar-refractivity contribution in [3.05, 3.63) is 90.4 Å². The molecule has 2 aromatic heterocycles. The molecule has 0 bridgehead atoms. The monoisotopic (exact) mass is 370 g/mol. The number of carbonyl (C=O) groups is 2. The molecule has 6 heteroatoms. The van der Waals surface area contributed by atoms with Crippen LogP contribution in [0.25, 0.3) is 16.6 Å². The minimum atomic E-state index is -0.232. The van der Waals surface area contributed by atoms with Crippen LogP contribution in [0.3, 0.4) is 0 Å². The lowest BCUT2D eigenvalue weighted by Crippen LogP contribution is -2.19. The van der Waals surface area contributed by atoms with Crippen molar-refractivity contribution < 1.29 is 9.59 Å². The maximum atomic E-state index is 12.3. The molecule has 0 radical (unpaired) electrons. The highest BCUT2D eigenvalue weighted by Crippen LogP contribution is 2.24. The summed E-state index contributed by atoms with van der Waals surface area (Å²) < 4.78 is 1.98. The number of benzene rings is 2. The van der Waals surface area contributed by atoms with E-state index in [4.69, 9.17) is 0 Å². The number of fused-ring (bicyclic) bond motifs is 1. The highest BCUT2D eigenvalue weighted by molar-refractivity contribution is 6.05. The molecule has 0 atom stereocenters. The minimum Gasteiger partial charge on any atom is -0.354 e. The zero-order valence-electron chi connectivity index (χ0n) is 15.2. The zero-order chi connectivity index (χ0) is 19.5. The average molecular weight is 370 g/mol. The van der Waals surface area contributed by atoms with Crippen molar-refractivity contribution in [2.24, 2.45) is 0 Å². The molecule has 0 aliphatic rings. The normalized spacial score (nSPS) is 10.6. The summed E-state index contributed by atoms with van der Waals surface area (Å²) in [6, 6.07) is 20.4. The number of carbonyl (C=O) groups excluding carboxylic acids is 2. The summed E-state index contributed by atoms with van der Waals surface area (Å²) in [6.45, 7) is 0. The van der Waals surface area contributed by atoms with Gasteiger partial charge in [0.05, 0.1) is 5.52 Å². The summed E-state index contributed by atoms with van der Waals surface area (Å²) in [7, 11) is 1.58. The van der Waals surface area contributed by atoms with E-state index in [0.717, 1.165) is 22.3 Å². The van der Waals surface area contributed by atoms with Crippen LogP contribution in [-0.2, 0) is 0 Å². The van der Waals surface area contributed by atoms with Gasteiger partial charge in [-0.25, -0.2) is 0 Å². The van der Waals surface area contributed by atoms with Crippen LogP contribution >= 0.6 is 0 Å².